The molecule has 1 N–H and O–H groups in total. The molecule has 2 rings (SSSR count). The molecule has 0 aliphatic rings. The van der Waals surface area contributed by atoms with Gasteiger partial charge in [-0.1, -0.05) is 61.5 Å². The topological polar surface area (TPSA) is 40.5 Å². The van der Waals surface area contributed by atoms with Crippen molar-refractivity contribution in [2.24, 2.45) is 0 Å². The van der Waals surface area contributed by atoms with Crippen LogP contribution in [0.3, 0.4) is 0 Å². The number of hydrogen-bond acceptors (Lipinski definition) is 2. The van der Waals surface area contributed by atoms with Crippen LogP contribution in [0.5, 0.6) is 0 Å². The molecule has 0 bridgehead atoms. The molecule has 1 amide bonds. The van der Waals surface area contributed by atoms with Crippen molar-refractivity contribution in [2.45, 2.75) is 32.6 Å². The number of rotatable bonds is 8. The maximum atomic E-state index is 12.7. The van der Waals surface area contributed by atoms with Crippen LogP contribution in [0.1, 0.15) is 36.0 Å². The van der Waals surface area contributed by atoms with Crippen molar-refractivity contribution in [2.75, 3.05) is 19.7 Å². The van der Waals surface area contributed by atoms with Crippen molar-refractivity contribution in [3.8, 4) is 0 Å². The van der Waals surface area contributed by atoms with E-state index < -0.39 is 0 Å². The second kappa shape index (κ2) is 9.24. The highest BCUT2D eigenvalue weighted by Crippen LogP contribution is 2.23. The highest BCUT2D eigenvalue weighted by molar-refractivity contribution is 5.77. The lowest BCUT2D eigenvalue weighted by Gasteiger charge is -2.24. The third-order valence-electron chi connectivity index (χ3n) is 4.44. The monoisotopic (exact) mass is 325 g/mol. The first-order valence-electron chi connectivity index (χ1n) is 8.60. The van der Waals surface area contributed by atoms with Crippen molar-refractivity contribution in [3.63, 3.8) is 0 Å². The summed E-state index contributed by atoms with van der Waals surface area (Å²) in [5, 5.41) is 9.28. The summed E-state index contributed by atoms with van der Waals surface area (Å²) in [5.74, 6) is 0.285. The van der Waals surface area contributed by atoms with Gasteiger partial charge in [-0.3, -0.25) is 4.79 Å². The Kier molecular flexibility index (Phi) is 7.01. The zero-order valence-corrected chi connectivity index (χ0v) is 14.6. The fourth-order valence-corrected chi connectivity index (χ4v) is 3.03. The minimum Gasteiger partial charge on any atom is -0.395 e. The number of amides is 1. The van der Waals surface area contributed by atoms with Gasteiger partial charge in [-0.15, -0.1) is 0 Å². The fraction of sp³-hybridized carbons (Fsp3) is 0.381. The number of aryl methyl sites for hydroxylation is 1. The molecule has 0 spiro atoms. The van der Waals surface area contributed by atoms with Crippen LogP contribution in [0, 0.1) is 6.92 Å². The minimum absolute atomic E-state index is 0.000719. The molecule has 0 radical (unpaired) electrons. The number of carbonyl (C=O) groups is 1. The van der Waals surface area contributed by atoms with Gasteiger partial charge < -0.3 is 10.0 Å². The van der Waals surface area contributed by atoms with Gasteiger partial charge in [0.05, 0.1) is 6.61 Å². The summed E-state index contributed by atoms with van der Waals surface area (Å²) in [7, 11) is 0. The second-order valence-electron chi connectivity index (χ2n) is 6.30. The maximum absolute atomic E-state index is 12.7. The third kappa shape index (κ3) is 5.20. The van der Waals surface area contributed by atoms with Crippen LogP contribution < -0.4 is 0 Å². The molecule has 3 nitrogen and oxygen atoms in total. The average Bonchev–Trinajstić information content (AvgIpc) is 2.59. The summed E-state index contributed by atoms with van der Waals surface area (Å²) in [4.78, 5) is 14.4. The van der Waals surface area contributed by atoms with Gasteiger partial charge in [0.2, 0.25) is 5.91 Å². The van der Waals surface area contributed by atoms with Gasteiger partial charge in [0.25, 0.3) is 0 Å². The molecule has 0 aliphatic carbocycles. The summed E-state index contributed by atoms with van der Waals surface area (Å²) in [6.07, 6.45) is 1.28. The molecule has 0 aliphatic heterocycles. The van der Waals surface area contributed by atoms with Gasteiger partial charge in [-0.25, -0.2) is 0 Å². The van der Waals surface area contributed by atoms with E-state index in [0.717, 1.165) is 6.42 Å². The Balaban J connectivity index is 1.96. The van der Waals surface area contributed by atoms with Crippen LogP contribution in [-0.2, 0) is 11.2 Å². The molecule has 3 heteroatoms. The zero-order valence-electron chi connectivity index (χ0n) is 14.6. The Labute approximate surface area is 144 Å². The van der Waals surface area contributed by atoms with Crippen LogP contribution in [0.2, 0.25) is 0 Å². The van der Waals surface area contributed by atoms with Crippen LogP contribution in [0.15, 0.2) is 54.6 Å². The summed E-state index contributed by atoms with van der Waals surface area (Å²) in [6, 6.07) is 18.3. The maximum Gasteiger partial charge on any atom is 0.223 e. The number of carbonyl (C=O) groups excluding carboxylic acids is 1. The molecule has 128 valence electrons. The SMILES string of the molecule is Cc1ccccc1C(C)CC(=O)N(CCO)CCc1ccccc1. The lowest BCUT2D eigenvalue weighted by Crippen LogP contribution is -2.36. The molecular formula is C21H27NO2. The van der Waals surface area contributed by atoms with Crippen LogP contribution in [0.25, 0.3) is 0 Å². The smallest absolute Gasteiger partial charge is 0.223 e. The van der Waals surface area contributed by atoms with E-state index in [2.05, 4.69) is 38.1 Å². The van der Waals surface area contributed by atoms with Crippen LogP contribution in [0.4, 0.5) is 0 Å². The highest BCUT2D eigenvalue weighted by atomic mass is 16.3. The van der Waals surface area contributed by atoms with Gasteiger partial charge >= 0.3 is 0 Å². The molecule has 0 saturated heterocycles. The van der Waals surface area contributed by atoms with E-state index in [1.54, 1.807) is 4.90 Å². The average molecular weight is 325 g/mol. The summed E-state index contributed by atoms with van der Waals surface area (Å²) < 4.78 is 0. The fourth-order valence-electron chi connectivity index (χ4n) is 3.03. The van der Waals surface area contributed by atoms with E-state index in [1.807, 2.05) is 30.3 Å². The largest absolute Gasteiger partial charge is 0.395 e. The van der Waals surface area contributed by atoms with Crippen molar-refractivity contribution < 1.29 is 9.90 Å². The Morgan fingerprint density at radius 3 is 2.38 bits per heavy atom. The molecule has 24 heavy (non-hydrogen) atoms. The van der Waals surface area contributed by atoms with E-state index in [0.29, 0.717) is 19.5 Å². The third-order valence-corrected chi connectivity index (χ3v) is 4.44. The molecule has 2 aromatic rings. The van der Waals surface area contributed by atoms with Crippen molar-refractivity contribution >= 4 is 5.91 Å². The lowest BCUT2D eigenvalue weighted by atomic mass is 9.93. The number of hydrogen-bond donors (Lipinski definition) is 1. The highest BCUT2D eigenvalue weighted by Gasteiger charge is 2.18. The first kappa shape index (κ1) is 18.2. The first-order valence-corrected chi connectivity index (χ1v) is 8.60. The van der Waals surface area contributed by atoms with Crippen LogP contribution >= 0.6 is 0 Å². The molecule has 0 heterocycles. The predicted molar refractivity (Wildman–Crippen MR) is 98.0 cm³/mol. The number of aliphatic hydroxyl groups is 1. The summed E-state index contributed by atoms with van der Waals surface area (Å²) in [6.45, 7) is 5.21. The van der Waals surface area contributed by atoms with Crippen LogP contribution in [-0.4, -0.2) is 35.6 Å². The Bertz CT molecular complexity index is 639. The number of aliphatic hydroxyl groups excluding tert-OH is 1. The number of nitrogens with zero attached hydrogens (tertiary/aromatic N) is 1. The molecule has 2 aromatic carbocycles. The molecule has 0 fully saturated rings. The molecule has 1 atom stereocenters. The van der Waals surface area contributed by atoms with Gasteiger partial charge in [0.1, 0.15) is 0 Å². The van der Waals surface area contributed by atoms with E-state index in [4.69, 9.17) is 0 Å². The Morgan fingerprint density at radius 1 is 1.04 bits per heavy atom. The number of benzene rings is 2. The second-order valence-corrected chi connectivity index (χ2v) is 6.30. The molecule has 1 unspecified atom stereocenters. The molecule has 0 saturated carbocycles. The molecule has 0 aromatic heterocycles. The van der Waals surface area contributed by atoms with E-state index in [-0.39, 0.29) is 18.4 Å². The van der Waals surface area contributed by atoms with Gasteiger partial charge in [0.15, 0.2) is 0 Å². The minimum atomic E-state index is -0.000719. The standard InChI is InChI=1S/C21H27NO2/c1-17-8-6-7-11-20(17)18(2)16-21(24)22(14-15-23)13-12-19-9-4-3-5-10-19/h3-11,18,23H,12-16H2,1-2H3. The van der Waals surface area contributed by atoms with E-state index >= 15 is 0 Å². The summed E-state index contributed by atoms with van der Waals surface area (Å²) >= 11 is 0. The lowest BCUT2D eigenvalue weighted by molar-refractivity contribution is -0.132. The molecular weight excluding hydrogens is 298 g/mol. The normalized spacial score (nSPS) is 12.0. The zero-order chi connectivity index (χ0) is 17.4. The quantitative estimate of drug-likeness (QED) is 0.806. The van der Waals surface area contributed by atoms with E-state index in [1.165, 1.54) is 16.7 Å². The Morgan fingerprint density at radius 2 is 1.71 bits per heavy atom. The first-order chi connectivity index (χ1) is 11.6. The van der Waals surface area contributed by atoms with Gasteiger partial charge in [-0.2, -0.15) is 0 Å². The van der Waals surface area contributed by atoms with Gasteiger partial charge in [-0.05, 0) is 36.0 Å². The Hall–Kier alpha value is -2.13. The van der Waals surface area contributed by atoms with Crippen molar-refractivity contribution in [1.29, 1.82) is 0 Å². The predicted octanol–water partition coefficient (Wildman–Crippen LogP) is 3.55. The van der Waals surface area contributed by atoms with Crippen molar-refractivity contribution in [3.05, 3.63) is 71.3 Å². The van der Waals surface area contributed by atoms with E-state index in [9.17, 15) is 9.90 Å². The van der Waals surface area contributed by atoms with Gasteiger partial charge in [0, 0.05) is 19.5 Å². The summed E-state index contributed by atoms with van der Waals surface area (Å²) in [5.41, 5.74) is 3.65. The van der Waals surface area contributed by atoms with Crippen molar-refractivity contribution in [1.82, 2.24) is 4.90 Å².